The molecule has 0 radical (unpaired) electrons. The Morgan fingerprint density at radius 3 is 1.79 bits per heavy atom. The fourth-order valence-corrected chi connectivity index (χ4v) is 2.72. The van der Waals surface area contributed by atoms with Gasteiger partial charge >= 0.3 is 0 Å². The van der Waals surface area contributed by atoms with Crippen molar-refractivity contribution in [1.29, 1.82) is 0 Å². The first-order chi connectivity index (χ1) is 13.6. The van der Waals surface area contributed by atoms with Crippen molar-refractivity contribution < 1.29 is 10.4 Å². The molecule has 0 fully saturated rings. The Morgan fingerprint density at radius 2 is 1.41 bits per heavy atom. The number of thiocarbonyl (C=S) groups is 1. The van der Waals surface area contributed by atoms with Gasteiger partial charge in [-0.15, -0.1) is 0 Å². The Kier molecular flexibility index (Phi) is 9.59. The van der Waals surface area contributed by atoms with Crippen molar-refractivity contribution in [2.24, 2.45) is 21.2 Å². The van der Waals surface area contributed by atoms with Crippen LogP contribution in [-0.4, -0.2) is 51.2 Å². The monoisotopic (exact) mass is 419 g/mol. The van der Waals surface area contributed by atoms with E-state index < -0.39 is 11.1 Å². The molecule has 29 heavy (non-hydrogen) atoms. The summed E-state index contributed by atoms with van der Waals surface area (Å²) in [5, 5.41) is 34.3. The number of hydrogen-bond donors (Lipinski definition) is 4. The minimum atomic E-state index is -0.428. The summed E-state index contributed by atoms with van der Waals surface area (Å²) >= 11 is 4.65. The van der Waals surface area contributed by atoms with Crippen molar-refractivity contribution in [2.75, 3.05) is 13.1 Å². The van der Waals surface area contributed by atoms with Crippen LogP contribution in [0.1, 0.15) is 47.1 Å². The predicted molar refractivity (Wildman–Crippen MR) is 122 cm³/mol. The smallest absolute Gasteiger partial charge is 0.0739 e. The molecule has 0 unspecified atom stereocenters. The highest BCUT2D eigenvalue weighted by atomic mass is 32.1. The number of isothiocyanates is 1. The maximum absolute atomic E-state index is 9.12. The van der Waals surface area contributed by atoms with E-state index in [2.05, 4.69) is 43.3 Å². The van der Waals surface area contributed by atoms with Gasteiger partial charge in [-0.3, -0.25) is 0 Å². The van der Waals surface area contributed by atoms with Crippen LogP contribution in [0, 0.1) is 5.92 Å². The maximum Gasteiger partial charge on any atom is 0.0739 e. The van der Waals surface area contributed by atoms with E-state index in [0.717, 1.165) is 12.1 Å². The fraction of sp³-hybridized carbons (Fsp3) is 0.571. The van der Waals surface area contributed by atoms with Gasteiger partial charge in [0, 0.05) is 13.1 Å². The molecule has 7 nitrogen and oxygen atoms in total. The molecule has 1 aromatic rings. The molecule has 0 aliphatic heterocycles. The van der Waals surface area contributed by atoms with Gasteiger partial charge in [0.15, 0.2) is 0 Å². The number of nitrogens with one attached hydrogen (secondary N) is 2. The lowest BCUT2D eigenvalue weighted by molar-refractivity contribution is 0.303. The second kappa shape index (κ2) is 11.2. The predicted octanol–water partition coefficient (Wildman–Crippen LogP) is 4.02. The van der Waals surface area contributed by atoms with Gasteiger partial charge in [-0.2, -0.15) is 4.99 Å². The molecule has 0 heterocycles. The summed E-state index contributed by atoms with van der Waals surface area (Å²) in [5.74, 6) is 0.242. The van der Waals surface area contributed by atoms with Crippen molar-refractivity contribution in [3.8, 4) is 0 Å². The molecule has 0 aromatic heterocycles. The highest BCUT2D eigenvalue weighted by Gasteiger charge is 2.26. The number of hydrogen-bond acceptors (Lipinski definition) is 8. The van der Waals surface area contributed by atoms with E-state index in [9.17, 15) is 0 Å². The van der Waals surface area contributed by atoms with Crippen molar-refractivity contribution >= 4 is 34.5 Å². The lowest BCUT2D eigenvalue weighted by Gasteiger charge is -2.31. The lowest BCUT2D eigenvalue weighted by atomic mass is 9.93. The van der Waals surface area contributed by atoms with E-state index in [1.165, 1.54) is 5.56 Å². The summed E-state index contributed by atoms with van der Waals surface area (Å²) in [5.41, 5.74) is 2.34. The summed E-state index contributed by atoms with van der Waals surface area (Å²) in [7, 11) is 0. The van der Waals surface area contributed by atoms with Crippen LogP contribution in [-0.2, 0) is 6.42 Å². The molecule has 1 rings (SSSR count). The molecular weight excluding hydrogens is 386 g/mol. The molecule has 8 heteroatoms. The highest BCUT2D eigenvalue weighted by Crippen LogP contribution is 2.17. The van der Waals surface area contributed by atoms with Crippen LogP contribution >= 0.6 is 12.2 Å². The first-order valence-corrected chi connectivity index (χ1v) is 10.0. The fourth-order valence-electron chi connectivity index (χ4n) is 2.61. The number of aliphatic imine (C=N–C) groups is 1. The van der Waals surface area contributed by atoms with Gasteiger partial charge in [-0.05, 0) is 83.8 Å². The van der Waals surface area contributed by atoms with Crippen LogP contribution in [0.5, 0.6) is 0 Å². The van der Waals surface area contributed by atoms with E-state index in [1.54, 1.807) is 13.8 Å². The zero-order valence-corrected chi connectivity index (χ0v) is 19.0. The number of nitrogens with zero attached hydrogens (tertiary/aromatic N) is 3. The average molecular weight is 420 g/mol. The molecule has 0 aliphatic carbocycles. The summed E-state index contributed by atoms with van der Waals surface area (Å²) in [4.78, 5) is 3.99. The van der Waals surface area contributed by atoms with Crippen molar-refractivity contribution in [2.45, 2.75) is 59.0 Å². The molecule has 0 spiro atoms. The van der Waals surface area contributed by atoms with E-state index in [1.807, 2.05) is 52.0 Å². The number of benzene rings is 1. The second-order valence-electron chi connectivity index (χ2n) is 8.32. The van der Waals surface area contributed by atoms with E-state index in [0.29, 0.717) is 24.5 Å². The summed E-state index contributed by atoms with van der Waals surface area (Å²) in [6.45, 7) is 12.9. The van der Waals surface area contributed by atoms with Crippen LogP contribution in [0.15, 0.2) is 39.6 Å². The van der Waals surface area contributed by atoms with Crippen molar-refractivity contribution in [1.82, 2.24) is 10.6 Å². The lowest BCUT2D eigenvalue weighted by Crippen LogP contribution is -2.52. The van der Waals surface area contributed by atoms with E-state index in [-0.39, 0.29) is 5.92 Å². The van der Waals surface area contributed by atoms with Crippen molar-refractivity contribution in [3.05, 3.63) is 29.8 Å². The van der Waals surface area contributed by atoms with Crippen LogP contribution in [0.4, 0.5) is 5.69 Å². The zero-order valence-electron chi connectivity index (χ0n) is 18.2. The Balaban J connectivity index is 2.93. The molecule has 160 valence electrons. The number of rotatable bonds is 11. The Labute approximate surface area is 179 Å². The van der Waals surface area contributed by atoms with Gasteiger partial charge in [0.1, 0.15) is 0 Å². The summed E-state index contributed by atoms with van der Waals surface area (Å²) in [6.07, 6.45) is 0.832. The minimum Gasteiger partial charge on any atom is -0.411 e. The third kappa shape index (κ3) is 8.03. The molecule has 0 saturated heterocycles. The van der Waals surface area contributed by atoms with Gasteiger partial charge in [0.2, 0.25) is 0 Å². The Bertz CT molecular complexity index is 732. The number of oxime groups is 2. The first-order valence-electron chi connectivity index (χ1n) is 9.61. The SMILES string of the molecule is CC(=NO)C(C)(C)NCC(CNC(C)(C)C(C)=NO)Cc1ccc(N=C=S)cc1. The largest absolute Gasteiger partial charge is 0.411 e. The third-order valence-corrected chi connectivity index (χ3v) is 5.50. The first kappa shape index (κ1) is 24.9. The van der Waals surface area contributed by atoms with Crippen LogP contribution in [0.2, 0.25) is 0 Å². The zero-order chi connectivity index (χ0) is 22.1. The molecule has 0 saturated carbocycles. The van der Waals surface area contributed by atoms with Crippen LogP contribution in [0.3, 0.4) is 0 Å². The van der Waals surface area contributed by atoms with E-state index in [4.69, 9.17) is 10.4 Å². The second-order valence-corrected chi connectivity index (χ2v) is 8.50. The normalized spacial score (nSPS) is 14.4. The van der Waals surface area contributed by atoms with Gasteiger partial charge in [-0.1, -0.05) is 22.4 Å². The van der Waals surface area contributed by atoms with Gasteiger partial charge < -0.3 is 21.0 Å². The summed E-state index contributed by atoms with van der Waals surface area (Å²) in [6, 6.07) is 7.92. The van der Waals surface area contributed by atoms with E-state index >= 15 is 0 Å². The molecule has 0 amide bonds. The maximum atomic E-state index is 9.12. The van der Waals surface area contributed by atoms with Crippen molar-refractivity contribution in [3.63, 3.8) is 0 Å². The average Bonchev–Trinajstić information content (AvgIpc) is 2.70. The van der Waals surface area contributed by atoms with Gasteiger partial charge in [0.05, 0.1) is 33.3 Å². The van der Waals surface area contributed by atoms with Gasteiger partial charge in [0.25, 0.3) is 0 Å². The molecular formula is C21H33N5O2S. The topological polar surface area (TPSA) is 102 Å². The van der Waals surface area contributed by atoms with Crippen LogP contribution < -0.4 is 10.6 Å². The third-order valence-electron chi connectivity index (χ3n) is 5.41. The standard InChI is InChI=1S/C21H33N5O2S/c1-15(25-27)20(3,4)23-12-18(13-24-21(5,6)16(2)26-28)11-17-7-9-19(10-8-17)22-14-29/h7-10,18,23-24,27-28H,11-13H2,1-6H3. The molecule has 0 atom stereocenters. The van der Waals surface area contributed by atoms with Crippen LogP contribution in [0.25, 0.3) is 0 Å². The van der Waals surface area contributed by atoms with Gasteiger partial charge in [-0.25, -0.2) is 0 Å². The summed E-state index contributed by atoms with van der Waals surface area (Å²) < 4.78 is 0. The molecule has 1 aromatic carbocycles. The molecule has 0 aliphatic rings. The molecule has 4 N–H and O–H groups in total. The minimum absolute atomic E-state index is 0.242. The highest BCUT2D eigenvalue weighted by molar-refractivity contribution is 7.78. The Morgan fingerprint density at radius 1 is 0.966 bits per heavy atom. The Hall–Kier alpha value is -2.12. The quantitative estimate of drug-likeness (QED) is 0.188. The molecule has 0 bridgehead atoms.